The Morgan fingerprint density at radius 1 is 1.33 bits per heavy atom. The topological polar surface area (TPSA) is 43.1 Å². The SMILES string of the molecule is NC(=O)c1c(F)ccc(C(F)(F)F)c1I. The minimum absolute atomic E-state index is 0.521. The van der Waals surface area contributed by atoms with Gasteiger partial charge in [-0.15, -0.1) is 0 Å². The molecular weight excluding hydrogens is 329 g/mol. The summed E-state index contributed by atoms with van der Waals surface area (Å²) in [5, 5.41) is 0. The van der Waals surface area contributed by atoms with E-state index in [0.717, 1.165) is 0 Å². The maximum absolute atomic E-state index is 13.0. The molecule has 2 nitrogen and oxygen atoms in total. The Morgan fingerprint density at radius 2 is 1.87 bits per heavy atom. The highest BCUT2D eigenvalue weighted by molar-refractivity contribution is 14.1. The van der Waals surface area contributed by atoms with E-state index in [0.29, 0.717) is 12.1 Å². The van der Waals surface area contributed by atoms with Crippen LogP contribution in [0.15, 0.2) is 12.1 Å². The van der Waals surface area contributed by atoms with E-state index in [1.54, 1.807) is 0 Å². The zero-order valence-electron chi connectivity index (χ0n) is 7.03. The number of primary amides is 1. The van der Waals surface area contributed by atoms with E-state index in [9.17, 15) is 22.4 Å². The van der Waals surface area contributed by atoms with Gasteiger partial charge in [0.05, 0.1) is 11.1 Å². The van der Waals surface area contributed by atoms with Gasteiger partial charge in [-0.05, 0) is 34.7 Å². The number of hydrogen-bond donors (Lipinski definition) is 1. The summed E-state index contributed by atoms with van der Waals surface area (Å²) in [6.07, 6.45) is -4.63. The van der Waals surface area contributed by atoms with E-state index in [1.807, 2.05) is 0 Å². The molecule has 0 fully saturated rings. The third kappa shape index (κ3) is 2.39. The third-order valence-electron chi connectivity index (χ3n) is 1.64. The molecular formula is C8H4F4INO. The summed E-state index contributed by atoms with van der Waals surface area (Å²) in [6.45, 7) is 0. The summed E-state index contributed by atoms with van der Waals surface area (Å²) in [4.78, 5) is 10.7. The van der Waals surface area contributed by atoms with E-state index in [-0.39, 0.29) is 0 Å². The molecule has 1 aromatic rings. The summed E-state index contributed by atoms with van der Waals surface area (Å²) in [7, 11) is 0. The minimum atomic E-state index is -4.63. The highest BCUT2D eigenvalue weighted by atomic mass is 127. The van der Waals surface area contributed by atoms with Gasteiger partial charge in [0.1, 0.15) is 5.82 Å². The zero-order chi connectivity index (χ0) is 11.8. The fraction of sp³-hybridized carbons (Fsp3) is 0.125. The van der Waals surface area contributed by atoms with Gasteiger partial charge in [0.2, 0.25) is 0 Å². The first-order valence-electron chi connectivity index (χ1n) is 3.60. The molecule has 0 bridgehead atoms. The van der Waals surface area contributed by atoms with E-state index in [2.05, 4.69) is 0 Å². The first kappa shape index (κ1) is 12.2. The minimum Gasteiger partial charge on any atom is -0.365 e. The van der Waals surface area contributed by atoms with Gasteiger partial charge in [-0.2, -0.15) is 13.2 Å². The quantitative estimate of drug-likeness (QED) is 0.623. The number of carbonyl (C=O) groups excluding carboxylic acids is 1. The van der Waals surface area contributed by atoms with Crippen LogP contribution in [-0.4, -0.2) is 5.91 Å². The van der Waals surface area contributed by atoms with Gasteiger partial charge in [-0.25, -0.2) is 4.39 Å². The lowest BCUT2D eigenvalue weighted by Gasteiger charge is -2.11. The summed E-state index contributed by atoms with van der Waals surface area (Å²) < 4.78 is 49.5. The summed E-state index contributed by atoms with van der Waals surface area (Å²) in [5.41, 5.74) is 2.97. The van der Waals surface area contributed by atoms with Crippen molar-refractivity contribution in [2.75, 3.05) is 0 Å². The van der Waals surface area contributed by atoms with Gasteiger partial charge in [0.25, 0.3) is 5.91 Å². The van der Waals surface area contributed by atoms with Crippen molar-refractivity contribution in [3.8, 4) is 0 Å². The lowest BCUT2D eigenvalue weighted by Crippen LogP contribution is -2.18. The van der Waals surface area contributed by atoms with Crippen molar-refractivity contribution in [2.45, 2.75) is 6.18 Å². The standard InChI is InChI=1S/C8H4F4INO/c9-4-2-1-3(8(10,11)12)6(13)5(4)7(14)15/h1-2H,(H2,14,15). The maximum Gasteiger partial charge on any atom is 0.417 e. The molecule has 0 aromatic heterocycles. The maximum atomic E-state index is 13.0. The molecule has 0 radical (unpaired) electrons. The summed E-state index contributed by atoms with van der Waals surface area (Å²) in [5.74, 6) is -2.28. The molecule has 0 aliphatic rings. The Morgan fingerprint density at radius 3 is 2.27 bits per heavy atom. The van der Waals surface area contributed by atoms with Crippen LogP contribution >= 0.6 is 22.6 Å². The first-order chi connectivity index (χ1) is 6.75. The van der Waals surface area contributed by atoms with E-state index >= 15 is 0 Å². The highest BCUT2D eigenvalue weighted by Crippen LogP contribution is 2.34. The van der Waals surface area contributed by atoms with Crippen LogP contribution in [0, 0.1) is 9.39 Å². The van der Waals surface area contributed by atoms with Crippen molar-refractivity contribution in [2.24, 2.45) is 5.73 Å². The summed E-state index contributed by atoms with van der Waals surface area (Å²) in [6, 6.07) is 1.15. The highest BCUT2D eigenvalue weighted by Gasteiger charge is 2.35. The largest absolute Gasteiger partial charge is 0.417 e. The van der Waals surface area contributed by atoms with Crippen LogP contribution < -0.4 is 5.73 Å². The number of halogens is 5. The van der Waals surface area contributed by atoms with Crippen LogP contribution in [0.3, 0.4) is 0 Å². The second-order valence-electron chi connectivity index (χ2n) is 2.65. The Labute approximate surface area is 95.6 Å². The van der Waals surface area contributed by atoms with Crippen LogP contribution in [0.2, 0.25) is 0 Å². The number of benzene rings is 1. The summed E-state index contributed by atoms with van der Waals surface area (Å²) >= 11 is 1.25. The third-order valence-corrected chi connectivity index (χ3v) is 2.76. The van der Waals surface area contributed by atoms with Crippen molar-refractivity contribution in [1.29, 1.82) is 0 Å². The number of alkyl halides is 3. The van der Waals surface area contributed by atoms with Gasteiger partial charge in [0.15, 0.2) is 0 Å². The number of carbonyl (C=O) groups is 1. The monoisotopic (exact) mass is 333 g/mol. The molecule has 1 aromatic carbocycles. The van der Waals surface area contributed by atoms with E-state index < -0.39 is 32.6 Å². The fourth-order valence-electron chi connectivity index (χ4n) is 0.997. The molecule has 0 spiro atoms. The average Bonchev–Trinajstić information content (AvgIpc) is 2.00. The van der Waals surface area contributed by atoms with E-state index in [1.165, 1.54) is 22.6 Å². The number of rotatable bonds is 1. The van der Waals surface area contributed by atoms with Crippen molar-refractivity contribution in [3.05, 3.63) is 32.6 Å². The second kappa shape index (κ2) is 3.95. The normalized spacial score (nSPS) is 11.5. The van der Waals surface area contributed by atoms with Crippen LogP contribution in [-0.2, 0) is 6.18 Å². The van der Waals surface area contributed by atoms with Crippen molar-refractivity contribution < 1.29 is 22.4 Å². The molecule has 0 aliphatic heterocycles. The van der Waals surface area contributed by atoms with Crippen LogP contribution in [0.4, 0.5) is 17.6 Å². The van der Waals surface area contributed by atoms with Gasteiger partial charge < -0.3 is 5.73 Å². The van der Waals surface area contributed by atoms with Crippen molar-refractivity contribution in [1.82, 2.24) is 0 Å². The smallest absolute Gasteiger partial charge is 0.365 e. The van der Waals surface area contributed by atoms with Crippen LogP contribution in [0.5, 0.6) is 0 Å². The predicted octanol–water partition coefficient (Wildman–Crippen LogP) is 2.55. The Balaban J connectivity index is 3.49. The number of hydrogen-bond acceptors (Lipinski definition) is 1. The second-order valence-corrected chi connectivity index (χ2v) is 3.72. The number of amides is 1. The molecule has 0 saturated carbocycles. The van der Waals surface area contributed by atoms with Gasteiger partial charge in [-0.3, -0.25) is 4.79 Å². The van der Waals surface area contributed by atoms with Crippen LogP contribution in [0.1, 0.15) is 15.9 Å². The molecule has 0 heterocycles. The molecule has 1 rings (SSSR count). The Hall–Kier alpha value is -0.860. The van der Waals surface area contributed by atoms with E-state index in [4.69, 9.17) is 5.73 Å². The molecule has 0 saturated heterocycles. The molecule has 0 atom stereocenters. The Bertz CT molecular complexity index is 416. The molecule has 15 heavy (non-hydrogen) atoms. The zero-order valence-corrected chi connectivity index (χ0v) is 9.19. The fourth-order valence-corrected chi connectivity index (χ4v) is 2.01. The molecule has 0 unspecified atom stereocenters. The van der Waals surface area contributed by atoms with Crippen LogP contribution in [0.25, 0.3) is 0 Å². The van der Waals surface area contributed by atoms with Gasteiger partial charge in [-0.1, -0.05) is 0 Å². The molecule has 7 heteroatoms. The van der Waals surface area contributed by atoms with Gasteiger partial charge in [0, 0.05) is 3.57 Å². The molecule has 0 aliphatic carbocycles. The number of nitrogens with two attached hydrogens (primary N) is 1. The van der Waals surface area contributed by atoms with Crippen molar-refractivity contribution >= 4 is 28.5 Å². The molecule has 2 N–H and O–H groups in total. The first-order valence-corrected chi connectivity index (χ1v) is 4.68. The lowest BCUT2D eigenvalue weighted by molar-refractivity contribution is -0.138. The molecule has 82 valence electrons. The molecule has 1 amide bonds. The predicted molar refractivity (Wildman–Crippen MR) is 52.6 cm³/mol. The average molecular weight is 333 g/mol. The Kier molecular flexibility index (Phi) is 3.22. The van der Waals surface area contributed by atoms with Crippen molar-refractivity contribution in [3.63, 3.8) is 0 Å². The lowest BCUT2D eigenvalue weighted by atomic mass is 10.1. The van der Waals surface area contributed by atoms with Gasteiger partial charge >= 0.3 is 6.18 Å².